The average Bonchev–Trinajstić information content (AvgIpc) is 2.28. The summed E-state index contributed by atoms with van der Waals surface area (Å²) in [6, 6.07) is 9.37. The van der Waals surface area contributed by atoms with Crippen molar-refractivity contribution in [1.29, 1.82) is 0 Å². The Kier molecular flexibility index (Phi) is 4.46. The van der Waals surface area contributed by atoms with Gasteiger partial charge in [0.1, 0.15) is 0 Å². The number of hydrogen-bond acceptors (Lipinski definition) is 3. The molecule has 0 spiro atoms. The van der Waals surface area contributed by atoms with Gasteiger partial charge in [-0.1, -0.05) is 30.3 Å². The van der Waals surface area contributed by atoms with E-state index in [1.54, 1.807) is 7.05 Å². The van der Waals surface area contributed by atoms with Crippen LogP contribution in [0.4, 0.5) is 0 Å². The van der Waals surface area contributed by atoms with Crippen molar-refractivity contribution in [3.05, 3.63) is 35.9 Å². The minimum Gasteiger partial charge on any atom is -0.329 e. The number of sulfonamides is 1. The highest BCUT2D eigenvalue weighted by molar-refractivity contribution is 7.89. The molecule has 1 unspecified atom stereocenters. The fraction of sp³-hybridized carbons (Fsp3) is 0.455. The van der Waals surface area contributed by atoms with Crippen LogP contribution in [0.3, 0.4) is 0 Å². The Hall–Kier alpha value is -0.910. The van der Waals surface area contributed by atoms with E-state index in [1.165, 1.54) is 4.31 Å². The van der Waals surface area contributed by atoms with E-state index in [2.05, 4.69) is 0 Å². The lowest BCUT2D eigenvalue weighted by Gasteiger charge is -2.24. The Morgan fingerprint density at radius 3 is 2.38 bits per heavy atom. The predicted octanol–water partition coefficient (Wildman–Crippen LogP) is 0.968. The molecule has 0 aliphatic carbocycles. The number of rotatable bonds is 5. The lowest BCUT2D eigenvalue weighted by molar-refractivity contribution is 0.398. The van der Waals surface area contributed by atoms with Gasteiger partial charge in [-0.2, -0.15) is 4.31 Å². The van der Waals surface area contributed by atoms with Crippen LogP contribution in [0.5, 0.6) is 0 Å². The van der Waals surface area contributed by atoms with Gasteiger partial charge in [0.15, 0.2) is 0 Å². The summed E-state index contributed by atoms with van der Waals surface area (Å²) in [5, 5.41) is 0. The van der Waals surface area contributed by atoms with Crippen molar-refractivity contribution in [1.82, 2.24) is 4.31 Å². The third-order valence-corrected chi connectivity index (χ3v) is 4.59. The highest BCUT2D eigenvalue weighted by Gasteiger charge is 2.23. The first-order chi connectivity index (χ1) is 7.49. The smallest absolute Gasteiger partial charge is 0.215 e. The van der Waals surface area contributed by atoms with Gasteiger partial charge in [-0.05, 0) is 12.5 Å². The van der Waals surface area contributed by atoms with Gasteiger partial charge >= 0.3 is 0 Å². The standard InChI is InChI=1S/C11H18N2O2S/c1-10(11-6-4-3-5-7-11)13(2)16(14,15)9-8-12/h3-7,10H,8-9,12H2,1-2H3. The van der Waals surface area contributed by atoms with Crippen LogP contribution in [-0.4, -0.2) is 32.1 Å². The van der Waals surface area contributed by atoms with Crippen LogP contribution < -0.4 is 5.73 Å². The Balaban J connectivity index is 2.87. The Morgan fingerprint density at radius 2 is 1.88 bits per heavy atom. The van der Waals surface area contributed by atoms with Crippen molar-refractivity contribution >= 4 is 10.0 Å². The van der Waals surface area contributed by atoms with Gasteiger partial charge in [-0.3, -0.25) is 0 Å². The summed E-state index contributed by atoms with van der Waals surface area (Å²) in [4.78, 5) is 0. The molecule has 1 atom stereocenters. The molecule has 16 heavy (non-hydrogen) atoms. The molecule has 2 N–H and O–H groups in total. The quantitative estimate of drug-likeness (QED) is 0.836. The number of nitrogens with zero attached hydrogens (tertiary/aromatic N) is 1. The lowest BCUT2D eigenvalue weighted by Crippen LogP contribution is -2.34. The van der Waals surface area contributed by atoms with E-state index in [0.717, 1.165) is 5.56 Å². The van der Waals surface area contributed by atoms with Gasteiger partial charge in [-0.15, -0.1) is 0 Å². The summed E-state index contributed by atoms with van der Waals surface area (Å²) in [5.41, 5.74) is 6.26. The molecule has 1 aromatic rings. The second-order valence-corrected chi connectivity index (χ2v) is 5.86. The summed E-state index contributed by atoms with van der Waals surface area (Å²) in [7, 11) is -1.66. The Bertz CT molecular complexity index is 417. The van der Waals surface area contributed by atoms with Crippen LogP contribution in [0, 0.1) is 0 Å². The van der Waals surface area contributed by atoms with Crippen LogP contribution in [0.2, 0.25) is 0 Å². The van der Waals surface area contributed by atoms with E-state index >= 15 is 0 Å². The lowest BCUT2D eigenvalue weighted by atomic mass is 10.1. The van der Waals surface area contributed by atoms with Crippen molar-refractivity contribution < 1.29 is 8.42 Å². The molecule has 0 bridgehead atoms. The molecule has 0 saturated heterocycles. The fourth-order valence-corrected chi connectivity index (χ4v) is 2.66. The Morgan fingerprint density at radius 1 is 1.31 bits per heavy atom. The summed E-state index contributed by atoms with van der Waals surface area (Å²) in [6.45, 7) is 2.01. The zero-order valence-electron chi connectivity index (χ0n) is 9.63. The first-order valence-corrected chi connectivity index (χ1v) is 6.80. The van der Waals surface area contributed by atoms with Crippen LogP contribution in [0.25, 0.3) is 0 Å². The van der Waals surface area contributed by atoms with Crippen molar-refractivity contribution in [3.63, 3.8) is 0 Å². The summed E-state index contributed by atoms with van der Waals surface area (Å²) in [6.07, 6.45) is 0. The molecule has 0 amide bonds. The first kappa shape index (κ1) is 13.2. The SMILES string of the molecule is CC(c1ccccc1)N(C)S(=O)(=O)CCN. The highest BCUT2D eigenvalue weighted by atomic mass is 32.2. The minimum atomic E-state index is -3.25. The summed E-state index contributed by atoms with van der Waals surface area (Å²) >= 11 is 0. The second-order valence-electron chi connectivity index (χ2n) is 3.71. The van der Waals surface area contributed by atoms with E-state index < -0.39 is 10.0 Å². The van der Waals surface area contributed by atoms with Crippen LogP contribution in [0.1, 0.15) is 18.5 Å². The third kappa shape index (κ3) is 3.04. The van der Waals surface area contributed by atoms with Crippen molar-refractivity contribution in [3.8, 4) is 0 Å². The maximum atomic E-state index is 11.8. The largest absolute Gasteiger partial charge is 0.329 e. The van der Waals surface area contributed by atoms with Crippen molar-refractivity contribution in [2.75, 3.05) is 19.3 Å². The monoisotopic (exact) mass is 242 g/mol. The van der Waals surface area contributed by atoms with Gasteiger partial charge in [0.05, 0.1) is 5.75 Å². The molecule has 0 saturated carbocycles. The van der Waals surface area contributed by atoms with E-state index in [4.69, 9.17) is 5.73 Å². The third-order valence-electron chi connectivity index (χ3n) is 2.64. The van der Waals surface area contributed by atoms with Crippen molar-refractivity contribution in [2.24, 2.45) is 5.73 Å². The molecule has 0 aromatic heterocycles. The summed E-state index contributed by atoms with van der Waals surface area (Å²) in [5.74, 6) is -0.0132. The maximum absolute atomic E-state index is 11.8. The molecule has 0 radical (unpaired) electrons. The topological polar surface area (TPSA) is 63.4 Å². The molecular formula is C11H18N2O2S. The van der Waals surface area contributed by atoms with Crippen LogP contribution in [-0.2, 0) is 10.0 Å². The molecule has 1 aromatic carbocycles. The highest BCUT2D eigenvalue weighted by Crippen LogP contribution is 2.20. The van der Waals surface area contributed by atoms with Gasteiger partial charge < -0.3 is 5.73 Å². The van der Waals surface area contributed by atoms with Gasteiger partial charge in [0.25, 0.3) is 0 Å². The van der Waals surface area contributed by atoms with E-state index in [-0.39, 0.29) is 18.3 Å². The maximum Gasteiger partial charge on any atom is 0.215 e. The minimum absolute atomic E-state index is 0.0132. The molecule has 0 aliphatic rings. The first-order valence-electron chi connectivity index (χ1n) is 5.19. The predicted molar refractivity (Wildman–Crippen MR) is 65.5 cm³/mol. The Labute approximate surface area is 97.1 Å². The normalized spacial score (nSPS) is 14.0. The number of hydrogen-bond donors (Lipinski definition) is 1. The molecule has 1 rings (SSSR count). The zero-order valence-corrected chi connectivity index (χ0v) is 10.4. The molecule has 5 heteroatoms. The van der Waals surface area contributed by atoms with Gasteiger partial charge in [0.2, 0.25) is 10.0 Å². The average molecular weight is 242 g/mol. The van der Waals surface area contributed by atoms with Gasteiger partial charge in [0, 0.05) is 19.6 Å². The number of nitrogens with two attached hydrogens (primary N) is 1. The van der Waals surface area contributed by atoms with E-state index in [1.807, 2.05) is 37.3 Å². The molecule has 4 nitrogen and oxygen atoms in total. The summed E-state index contributed by atoms with van der Waals surface area (Å²) < 4.78 is 25.0. The number of benzene rings is 1. The fourth-order valence-electron chi connectivity index (χ4n) is 1.48. The molecule has 0 heterocycles. The van der Waals surface area contributed by atoms with E-state index in [9.17, 15) is 8.42 Å². The molecule has 0 fully saturated rings. The molecule has 90 valence electrons. The molecule has 0 aliphatic heterocycles. The zero-order chi connectivity index (χ0) is 12.2. The van der Waals surface area contributed by atoms with E-state index in [0.29, 0.717) is 0 Å². The van der Waals surface area contributed by atoms with Crippen LogP contribution >= 0.6 is 0 Å². The van der Waals surface area contributed by atoms with Gasteiger partial charge in [-0.25, -0.2) is 8.42 Å². The second kappa shape index (κ2) is 5.43. The van der Waals surface area contributed by atoms with Crippen LogP contribution in [0.15, 0.2) is 30.3 Å². The van der Waals surface area contributed by atoms with Crippen molar-refractivity contribution in [2.45, 2.75) is 13.0 Å². The molecular weight excluding hydrogens is 224 g/mol.